The Hall–Kier alpha value is -0.870. The number of carbonyl (C=O) groups is 1. The van der Waals surface area contributed by atoms with Crippen molar-refractivity contribution >= 4 is 21.8 Å². The number of carbonyl (C=O) groups excluding carboxylic acids is 1. The van der Waals surface area contributed by atoms with Crippen molar-refractivity contribution in [3.8, 4) is 0 Å². The third-order valence-corrected chi connectivity index (χ3v) is 3.17. The summed E-state index contributed by atoms with van der Waals surface area (Å²) < 4.78 is 0.953. The molecule has 0 radical (unpaired) electrons. The lowest BCUT2D eigenvalue weighted by Crippen LogP contribution is -2.32. The summed E-state index contributed by atoms with van der Waals surface area (Å²) in [6, 6.07) is 5.62. The smallest absolute Gasteiger partial charge is 0.253 e. The van der Waals surface area contributed by atoms with E-state index < -0.39 is 0 Å². The molecule has 0 atom stereocenters. The molecule has 2 N–H and O–H groups in total. The topological polar surface area (TPSA) is 46.3 Å². The van der Waals surface area contributed by atoms with E-state index in [2.05, 4.69) is 15.9 Å². The van der Waals surface area contributed by atoms with Crippen LogP contribution < -0.4 is 5.73 Å². The van der Waals surface area contributed by atoms with Crippen molar-refractivity contribution in [2.45, 2.75) is 6.92 Å². The highest BCUT2D eigenvalue weighted by molar-refractivity contribution is 9.10. The highest BCUT2D eigenvalue weighted by Gasteiger charge is 2.14. The van der Waals surface area contributed by atoms with Crippen LogP contribution in [0.25, 0.3) is 0 Å². The van der Waals surface area contributed by atoms with E-state index in [0.29, 0.717) is 13.1 Å². The Balaban J connectivity index is 2.96. The van der Waals surface area contributed by atoms with Gasteiger partial charge in [-0.15, -0.1) is 0 Å². The van der Waals surface area contributed by atoms with Crippen molar-refractivity contribution in [2.24, 2.45) is 5.73 Å². The van der Waals surface area contributed by atoms with Crippen LogP contribution in [0, 0.1) is 6.92 Å². The van der Waals surface area contributed by atoms with Crippen LogP contribution in [-0.4, -0.2) is 30.9 Å². The van der Waals surface area contributed by atoms with E-state index in [0.717, 1.165) is 15.6 Å². The van der Waals surface area contributed by atoms with Gasteiger partial charge in [-0.05, 0) is 24.6 Å². The maximum Gasteiger partial charge on any atom is 0.253 e. The largest absolute Gasteiger partial charge is 0.340 e. The third-order valence-electron chi connectivity index (χ3n) is 2.31. The highest BCUT2D eigenvalue weighted by atomic mass is 79.9. The summed E-state index contributed by atoms with van der Waals surface area (Å²) in [4.78, 5) is 13.6. The molecule has 82 valence electrons. The van der Waals surface area contributed by atoms with Crippen LogP contribution in [0.3, 0.4) is 0 Å². The molecule has 0 saturated carbocycles. The molecule has 0 aliphatic carbocycles. The first-order valence-corrected chi connectivity index (χ1v) is 5.58. The molecule has 0 spiro atoms. The van der Waals surface area contributed by atoms with Gasteiger partial charge in [0.1, 0.15) is 0 Å². The van der Waals surface area contributed by atoms with Crippen LogP contribution in [0.15, 0.2) is 22.7 Å². The molecular formula is C11H15BrN2O. The molecule has 0 unspecified atom stereocenters. The lowest BCUT2D eigenvalue weighted by atomic mass is 10.1. The first kappa shape index (κ1) is 12.2. The lowest BCUT2D eigenvalue weighted by Gasteiger charge is -2.17. The molecule has 0 aromatic heterocycles. The predicted molar refractivity (Wildman–Crippen MR) is 64.9 cm³/mol. The average Bonchev–Trinajstić information content (AvgIpc) is 2.21. The number of nitrogens with two attached hydrogens (primary N) is 1. The molecule has 1 amide bonds. The Bertz CT molecular complexity index is 366. The fourth-order valence-corrected chi connectivity index (χ4v) is 1.71. The van der Waals surface area contributed by atoms with E-state index >= 15 is 0 Å². The first-order chi connectivity index (χ1) is 7.07. The Morgan fingerprint density at radius 2 is 2.20 bits per heavy atom. The SMILES string of the molecule is Cc1c(Br)cccc1C(=O)N(C)CCN. The van der Waals surface area contributed by atoms with E-state index in [9.17, 15) is 4.79 Å². The van der Waals surface area contributed by atoms with E-state index in [-0.39, 0.29) is 5.91 Å². The Morgan fingerprint density at radius 1 is 1.53 bits per heavy atom. The molecule has 0 bridgehead atoms. The monoisotopic (exact) mass is 270 g/mol. The number of nitrogens with zero attached hydrogens (tertiary/aromatic N) is 1. The van der Waals surface area contributed by atoms with Gasteiger partial charge in [0, 0.05) is 30.2 Å². The van der Waals surface area contributed by atoms with Gasteiger partial charge in [-0.2, -0.15) is 0 Å². The molecule has 1 aromatic rings. The van der Waals surface area contributed by atoms with Crippen molar-refractivity contribution in [1.29, 1.82) is 0 Å². The summed E-state index contributed by atoms with van der Waals surface area (Å²) in [6.07, 6.45) is 0. The van der Waals surface area contributed by atoms with Gasteiger partial charge >= 0.3 is 0 Å². The molecule has 0 heterocycles. The van der Waals surface area contributed by atoms with Crippen molar-refractivity contribution in [2.75, 3.05) is 20.1 Å². The standard InChI is InChI=1S/C11H15BrN2O/c1-8-9(4-3-5-10(8)12)11(15)14(2)7-6-13/h3-5H,6-7,13H2,1-2H3. The summed E-state index contributed by atoms with van der Waals surface area (Å²) >= 11 is 3.41. The molecule has 15 heavy (non-hydrogen) atoms. The molecule has 0 aliphatic rings. The maximum atomic E-state index is 12.0. The van der Waals surface area contributed by atoms with Gasteiger partial charge in [0.15, 0.2) is 0 Å². The van der Waals surface area contributed by atoms with Crippen LogP contribution in [0.4, 0.5) is 0 Å². The fourth-order valence-electron chi connectivity index (χ4n) is 1.34. The zero-order chi connectivity index (χ0) is 11.4. The Kier molecular flexibility index (Phi) is 4.29. The second-order valence-corrected chi connectivity index (χ2v) is 4.28. The van der Waals surface area contributed by atoms with Crippen LogP contribution >= 0.6 is 15.9 Å². The molecule has 4 heteroatoms. The summed E-state index contributed by atoms with van der Waals surface area (Å²) in [7, 11) is 1.76. The molecule has 3 nitrogen and oxygen atoms in total. The minimum Gasteiger partial charge on any atom is -0.340 e. The van der Waals surface area contributed by atoms with Gasteiger partial charge in [0.2, 0.25) is 0 Å². The number of amides is 1. The van der Waals surface area contributed by atoms with Crippen molar-refractivity contribution < 1.29 is 4.79 Å². The Morgan fingerprint density at radius 3 is 2.80 bits per heavy atom. The third kappa shape index (κ3) is 2.79. The number of hydrogen-bond acceptors (Lipinski definition) is 2. The predicted octanol–water partition coefficient (Wildman–Crippen LogP) is 1.79. The summed E-state index contributed by atoms with van der Waals surface area (Å²) in [5, 5.41) is 0. The Labute approximate surface area is 98.4 Å². The number of likely N-dealkylation sites (N-methyl/N-ethyl adjacent to an activating group) is 1. The van der Waals surface area contributed by atoms with Crippen molar-refractivity contribution in [3.63, 3.8) is 0 Å². The van der Waals surface area contributed by atoms with Gasteiger partial charge in [-0.3, -0.25) is 4.79 Å². The van der Waals surface area contributed by atoms with Crippen LogP contribution in [0.5, 0.6) is 0 Å². The number of halogens is 1. The van der Waals surface area contributed by atoms with Crippen LogP contribution in [0.1, 0.15) is 15.9 Å². The normalized spacial score (nSPS) is 10.1. The second kappa shape index (κ2) is 5.28. The maximum absolute atomic E-state index is 12.0. The minimum atomic E-state index is 0.0132. The van der Waals surface area contributed by atoms with Gasteiger partial charge in [-0.1, -0.05) is 22.0 Å². The lowest BCUT2D eigenvalue weighted by molar-refractivity contribution is 0.0798. The summed E-state index contributed by atoms with van der Waals surface area (Å²) in [6.45, 7) is 2.98. The number of hydrogen-bond donors (Lipinski definition) is 1. The molecule has 1 rings (SSSR count). The molecular weight excluding hydrogens is 256 g/mol. The van der Waals surface area contributed by atoms with Gasteiger partial charge in [0.05, 0.1) is 0 Å². The quantitative estimate of drug-likeness (QED) is 0.911. The molecule has 0 fully saturated rings. The zero-order valence-electron chi connectivity index (χ0n) is 8.96. The number of benzene rings is 1. The second-order valence-electron chi connectivity index (χ2n) is 3.43. The average molecular weight is 271 g/mol. The van der Waals surface area contributed by atoms with E-state index in [4.69, 9.17) is 5.73 Å². The minimum absolute atomic E-state index is 0.0132. The molecule has 0 aliphatic heterocycles. The van der Waals surface area contributed by atoms with E-state index in [1.165, 1.54) is 0 Å². The summed E-state index contributed by atoms with van der Waals surface area (Å²) in [5.41, 5.74) is 7.10. The van der Waals surface area contributed by atoms with E-state index in [1.807, 2.05) is 25.1 Å². The van der Waals surface area contributed by atoms with Gasteiger partial charge in [-0.25, -0.2) is 0 Å². The van der Waals surface area contributed by atoms with E-state index in [1.54, 1.807) is 11.9 Å². The molecule has 0 saturated heterocycles. The van der Waals surface area contributed by atoms with Gasteiger partial charge < -0.3 is 10.6 Å². The van der Waals surface area contributed by atoms with Crippen LogP contribution in [-0.2, 0) is 0 Å². The van der Waals surface area contributed by atoms with Crippen molar-refractivity contribution in [3.05, 3.63) is 33.8 Å². The summed E-state index contributed by atoms with van der Waals surface area (Å²) in [5.74, 6) is 0.0132. The van der Waals surface area contributed by atoms with Crippen LogP contribution in [0.2, 0.25) is 0 Å². The van der Waals surface area contributed by atoms with Crippen molar-refractivity contribution in [1.82, 2.24) is 4.90 Å². The molecule has 1 aromatic carbocycles. The highest BCUT2D eigenvalue weighted by Crippen LogP contribution is 2.20. The number of rotatable bonds is 3. The zero-order valence-corrected chi connectivity index (χ0v) is 10.5. The first-order valence-electron chi connectivity index (χ1n) is 4.78. The van der Waals surface area contributed by atoms with Gasteiger partial charge in [0.25, 0.3) is 5.91 Å². The fraction of sp³-hybridized carbons (Fsp3) is 0.364.